The average molecular weight is 399 g/mol. The molecule has 2 aliphatic rings. The zero-order valence-electron chi connectivity index (χ0n) is 16.6. The van der Waals surface area contributed by atoms with Crippen molar-refractivity contribution in [3.63, 3.8) is 0 Å². The molecule has 29 heavy (non-hydrogen) atoms. The molecule has 1 saturated carbocycles. The molecule has 3 N–H and O–H groups in total. The lowest BCUT2D eigenvalue weighted by atomic mass is 9.93. The third-order valence-electron chi connectivity index (χ3n) is 5.69. The normalized spacial score (nSPS) is 23.1. The van der Waals surface area contributed by atoms with Gasteiger partial charge in [0.25, 0.3) is 5.91 Å². The van der Waals surface area contributed by atoms with Crippen LogP contribution < -0.4 is 10.6 Å². The molecule has 0 unspecified atom stereocenters. The topological polar surface area (TPSA) is 99.6 Å². The molecule has 4 rings (SSSR count). The van der Waals surface area contributed by atoms with Crippen molar-refractivity contribution in [2.75, 3.05) is 44.7 Å². The molecule has 1 aromatic carbocycles. The van der Waals surface area contributed by atoms with E-state index in [2.05, 4.69) is 25.5 Å². The van der Waals surface area contributed by atoms with Gasteiger partial charge in [0.05, 0.1) is 24.8 Å². The molecule has 2 fully saturated rings. The Morgan fingerprint density at radius 1 is 1.21 bits per heavy atom. The van der Waals surface area contributed by atoms with Gasteiger partial charge in [-0.25, -0.2) is 9.97 Å². The van der Waals surface area contributed by atoms with Gasteiger partial charge >= 0.3 is 0 Å². The lowest BCUT2D eigenvalue weighted by molar-refractivity contribution is 0.0383. The van der Waals surface area contributed by atoms with Gasteiger partial charge in [-0.05, 0) is 37.8 Å². The van der Waals surface area contributed by atoms with Crippen molar-refractivity contribution in [3.05, 3.63) is 30.0 Å². The SMILES string of the molecule is O=C(NCCN1CCOCC1)c1ccc2cnc(NC3CCC(O)CC3)nc2c1. The number of nitrogens with one attached hydrogen (secondary N) is 2. The van der Waals surface area contributed by atoms with Crippen molar-refractivity contribution in [1.29, 1.82) is 0 Å². The van der Waals surface area contributed by atoms with Crippen LogP contribution in [-0.2, 0) is 4.74 Å². The first kappa shape index (κ1) is 20.0. The van der Waals surface area contributed by atoms with E-state index in [4.69, 9.17) is 4.74 Å². The minimum absolute atomic E-state index is 0.0884. The number of hydrogen-bond acceptors (Lipinski definition) is 7. The smallest absolute Gasteiger partial charge is 0.251 e. The molecule has 1 saturated heterocycles. The van der Waals surface area contributed by atoms with Crippen molar-refractivity contribution in [3.8, 4) is 0 Å². The van der Waals surface area contributed by atoms with E-state index in [1.54, 1.807) is 6.20 Å². The van der Waals surface area contributed by atoms with E-state index >= 15 is 0 Å². The van der Waals surface area contributed by atoms with E-state index in [0.29, 0.717) is 18.1 Å². The van der Waals surface area contributed by atoms with Gasteiger partial charge in [-0.2, -0.15) is 0 Å². The van der Waals surface area contributed by atoms with Crippen molar-refractivity contribution in [2.45, 2.75) is 37.8 Å². The first-order valence-corrected chi connectivity index (χ1v) is 10.5. The molecule has 8 nitrogen and oxygen atoms in total. The summed E-state index contributed by atoms with van der Waals surface area (Å²) in [5, 5.41) is 16.9. The van der Waals surface area contributed by atoms with Gasteiger partial charge in [-0.15, -0.1) is 0 Å². The Hall–Kier alpha value is -2.29. The van der Waals surface area contributed by atoms with Gasteiger partial charge in [-0.3, -0.25) is 9.69 Å². The number of nitrogens with zero attached hydrogens (tertiary/aromatic N) is 3. The number of ether oxygens (including phenoxy) is 1. The molecular weight excluding hydrogens is 370 g/mol. The number of rotatable bonds is 6. The number of fused-ring (bicyclic) bond motifs is 1. The number of aliphatic hydroxyl groups is 1. The number of hydrogen-bond donors (Lipinski definition) is 3. The Morgan fingerprint density at radius 3 is 2.79 bits per heavy atom. The van der Waals surface area contributed by atoms with Crippen LogP contribution in [0.15, 0.2) is 24.4 Å². The maximum absolute atomic E-state index is 12.5. The van der Waals surface area contributed by atoms with E-state index in [9.17, 15) is 9.90 Å². The van der Waals surface area contributed by atoms with Crippen LogP contribution >= 0.6 is 0 Å². The van der Waals surface area contributed by atoms with Gasteiger partial charge < -0.3 is 20.5 Å². The number of morpholine rings is 1. The van der Waals surface area contributed by atoms with Crippen LogP contribution in [0.2, 0.25) is 0 Å². The predicted molar refractivity (Wildman–Crippen MR) is 111 cm³/mol. The van der Waals surface area contributed by atoms with Gasteiger partial charge in [-0.1, -0.05) is 6.07 Å². The number of carbonyl (C=O) groups is 1. The first-order valence-electron chi connectivity index (χ1n) is 10.5. The fourth-order valence-corrected chi connectivity index (χ4v) is 3.89. The molecule has 2 heterocycles. The fraction of sp³-hybridized carbons (Fsp3) is 0.571. The highest BCUT2D eigenvalue weighted by Gasteiger charge is 2.20. The van der Waals surface area contributed by atoms with Crippen LogP contribution in [0.25, 0.3) is 10.9 Å². The van der Waals surface area contributed by atoms with Crippen molar-refractivity contribution in [1.82, 2.24) is 20.2 Å². The summed E-state index contributed by atoms with van der Waals surface area (Å²) in [7, 11) is 0. The van der Waals surface area contributed by atoms with Crippen molar-refractivity contribution in [2.24, 2.45) is 0 Å². The highest BCUT2D eigenvalue weighted by Crippen LogP contribution is 2.22. The summed E-state index contributed by atoms with van der Waals surface area (Å²) in [5.74, 6) is 0.485. The highest BCUT2D eigenvalue weighted by molar-refractivity contribution is 5.97. The quantitative estimate of drug-likeness (QED) is 0.675. The highest BCUT2D eigenvalue weighted by atomic mass is 16.5. The molecule has 0 radical (unpaired) electrons. The number of carbonyl (C=O) groups excluding carboxylic acids is 1. The zero-order chi connectivity index (χ0) is 20.1. The van der Waals surface area contributed by atoms with Crippen molar-refractivity contribution >= 4 is 22.8 Å². The second kappa shape index (κ2) is 9.47. The minimum Gasteiger partial charge on any atom is -0.393 e. The summed E-state index contributed by atoms with van der Waals surface area (Å²) in [6.07, 6.45) is 5.03. The lowest BCUT2D eigenvalue weighted by Gasteiger charge is -2.26. The molecule has 1 aliphatic carbocycles. The fourth-order valence-electron chi connectivity index (χ4n) is 3.89. The van der Waals surface area contributed by atoms with E-state index in [1.165, 1.54) is 0 Å². The lowest BCUT2D eigenvalue weighted by Crippen LogP contribution is -2.41. The molecule has 8 heteroatoms. The molecule has 0 bridgehead atoms. The van der Waals surface area contributed by atoms with Crippen molar-refractivity contribution < 1.29 is 14.6 Å². The first-order chi connectivity index (χ1) is 14.2. The molecular formula is C21H29N5O3. The summed E-state index contributed by atoms with van der Waals surface area (Å²) < 4.78 is 5.34. The van der Waals surface area contributed by atoms with Crippen LogP contribution in [0.5, 0.6) is 0 Å². The summed E-state index contributed by atoms with van der Waals surface area (Å²) >= 11 is 0. The molecule has 2 aromatic rings. The second-order valence-electron chi connectivity index (χ2n) is 7.83. The zero-order valence-corrected chi connectivity index (χ0v) is 16.6. The van der Waals surface area contributed by atoms with Gasteiger partial charge in [0, 0.05) is 49.4 Å². The standard InChI is InChI=1S/C21H29N5O3/c27-18-5-3-17(4-6-18)24-21-23-14-16-2-1-15(13-19(16)25-21)20(28)22-7-8-26-9-11-29-12-10-26/h1-2,13-14,17-18,27H,3-12H2,(H,22,28)(H,23,24,25). The number of amides is 1. The number of benzene rings is 1. The maximum atomic E-state index is 12.5. The summed E-state index contributed by atoms with van der Waals surface area (Å²) in [6.45, 7) is 4.79. The van der Waals surface area contributed by atoms with E-state index < -0.39 is 0 Å². The van der Waals surface area contributed by atoms with E-state index in [0.717, 1.165) is 69.4 Å². The molecule has 0 spiro atoms. The Bertz CT molecular complexity index is 832. The number of aliphatic hydroxyl groups excluding tert-OH is 1. The second-order valence-corrected chi connectivity index (χ2v) is 7.83. The van der Waals surface area contributed by atoms with Gasteiger partial charge in [0.2, 0.25) is 5.95 Å². The summed E-state index contributed by atoms with van der Waals surface area (Å²) in [6, 6.07) is 5.79. The van der Waals surface area contributed by atoms with Crippen LogP contribution in [0.4, 0.5) is 5.95 Å². The molecule has 156 valence electrons. The largest absolute Gasteiger partial charge is 0.393 e. The van der Waals surface area contributed by atoms with E-state index in [-0.39, 0.29) is 18.1 Å². The third kappa shape index (κ3) is 5.41. The minimum atomic E-state index is -0.185. The van der Waals surface area contributed by atoms with Gasteiger partial charge in [0.15, 0.2) is 0 Å². The summed E-state index contributed by atoms with van der Waals surface area (Å²) in [4.78, 5) is 23.8. The van der Waals surface area contributed by atoms with Crippen LogP contribution in [0.3, 0.4) is 0 Å². The molecule has 1 amide bonds. The summed E-state index contributed by atoms with van der Waals surface area (Å²) in [5.41, 5.74) is 1.35. The Balaban J connectivity index is 1.36. The van der Waals surface area contributed by atoms with E-state index in [1.807, 2.05) is 18.2 Å². The van der Waals surface area contributed by atoms with Crippen LogP contribution in [-0.4, -0.2) is 77.4 Å². The Labute approximate surface area is 170 Å². The van der Waals surface area contributed by atoms with Gasteiger partial charge in [0.1, 0.15) is 0 Å². The monoisotopic (exact) mass is 399 g/mol. The number of aromatic nitrogens is 2. The predicted octanol–water partition coefficient (Wildman–Crippen LogP) is 1.41. The Morgan fingerprint density at radius 2 is 2.00 bits per heavy atom. The van der Waals surface area contributed by atoms with Crippen LogP contribution in [0, 0.1) is 0 Å². The Kier molecular flexibility index (Phi) is 6.53. The molecule has 1 aliphatic heterocycles. The third-order valence-corrected chi connectivity index (χ3v) is 5.69. The van der Waals surface area contributed by atoms with Crippen LogP contribution in [0.1, 0.15) is 36.0 Å². The average Bonchev–Trinajstić information content (AvgIpc) is 2.75. The number of anilines is 1. The molecule has 0 atom stereocenters. The molecule has 1 aromatic heterocycles. The maximum Gasteiger partial charge on any atom is 0.251 e.